The van der Waals surface area contributed by atoms with E-state index < -0.39 is 0 Å². The summed E-state index contributed by atoms with van der Waals surface area (Å²) < 4.78 is 13.2. The third kappa shape index (κ3) is 12.6. The number of nitrogens with two attached hydrogens (primary N) is 1. The van der Waals surface area contributed by atoms with Crippen LogP contribution in [0.15, 0.2) is 120 Å². The van der Waals surface area contributed by atoms with Gasteiger partial charge in [-0.1, -0.05) is 80.1 Å². The summed E-state index contributed by atoms with van der Waals surface area (Å²) in [6, 6.07) is 16.5. The van der Waals surface area contributed by atoms with Gasteiger partial charge in [-0.3, -0.25) is 4.79 Å². The Hall–Kier alpha value is -3.72. The molecule has 2 aromatic carbocycles. The molecule has 0 heterocycles. The summed E-state index contributed by atoms with van der Waals surface area (Å²) in [5.41, 5.74) is 14.6. The minimum atomic E-state index is -0.0295. The zero-order valence-electron chi connectivity index (χ0n) is 24.5. The molecule has 0 bridgehead atoms. The van der Waals surface area contributed by atoms with E-state index in [4.69, 9.17) is 5.73 Å². The highest BCUT2D eigenvalue weighted by atomic mass is 19.1. The van der Waals surface area contributed by atoms with Gasteiger partial charge in [-0.2, -0.15) is 0 Å². The highest BCUT2D eigenvalue weighted by molar-refractivity contribution is 5.98. The average molecular weight is 528 g/mol. The van der Waals surface area contributed by atoms with E-state index in [-0.39, 0.29) is 11.6 Å². The third-order valence-electron chi connectivity index (χ3n) is 6.29. The van der Waals surface area contributed by atoms with Gasteiger partial charge in [0.2, 0.25) is 0 Å². The molecule has 208 valence electrons. The van der Waals surface area contributed by atoms with Crippen LogP contribution < -0.4 is 5.73 Å². The molecule has 0 fully saturated rings. The van der Waals surface area contributed by atoms with E-state index in [1.54, 1.807) is 13.0 Å². The number of benzene rings is 2. The van der Waals surface area contributed by atoms with Gasteiger partial charge in [0.25, 0.3) is 0 Å². The fourth-order valence-electron chi connectivity index (χ4n) is 4.32. The molecule has 0 radical (unpaired) electrons. The maximum absolute atomic E-state index is 13.2. The van der Waals surface area contributed by atoms with Crippen LogP contribution in [0.5, 0.6) is 0 Å². The molecule has 2 nitrogen and oxygen atoms in total. The summed E-state index contributed by atoms with van der Waals surface area (Å²) in [7, 11) is 0. The molecule has 2 aromatic rings. The molecule has 0 unspecified atom stereocenters. The second kappa shape index (κ2) is 18.5. The SMILES string of the molecule is C=C.CC/C(=C/Cc1cccc(N)c1)C(C(C)=O)=C(C)C.CCc1ccc(CC2=C/C=C(/F)CC/C=C\2)cc1. The molecule has 0 saturated carbocycles. The van der Waals surface area contributed by atoms with Crippen molar-refractivity contribution in [3.05, 3.63) is 137 Å². The van der Waals surface area contributed by atoms with Gasteiger partial charge in [-0.25, -0.2) is 4.39 Å². The Kier molecular flexibility index (Phi) is 15.8. The van der Waals surface area contributed by atoms with Gasteiger partial charge < -0.3 is 5.73 Å². The van der Waals surface area contributed by atoms with Crippen LogP contribution in [0.3, 0.4) is 0 Å². The number of anilines is 1. The topological polar surface area (TPSA) is 43.1 Å². The Balaban J connectivity index is 0.000000367. The summed E-state index contributed by atoms with van der Waals surface area (Å²) >= 11 is 0. The molecule has 2 N–H and O–H groups in total. The highest BCUT2D eigenvalue weighted by Crippen LogP contribution is 2.21. The van der Waals surface area contributed by atoms with Gasteiger partial charge in [0.15, 0.2) is 5.78 Å². The third-order valence-corrected chi connectivity index (χ3v) is 6.29. The lowest BCUT2D eigenvalue weighted by atomic mass is 9.94. The van der Waals surface area contributed by atoms with Crippen molar-refractivity contribution < 1.29 is 9.18 Å². The first-order chi connectivity index (χ1) is 18.7. The number of aryl methyl sites for hydroxylation is 1. The van der Waals surface area contributed by atoms with E-state index >= 15 is 0 Å². The van der Waals surface area contributed by atoms with Crippen LogP contribution in [0, 0.1) is 0 Å². The largest absolute Gasteiger partial charge is 0.399 e. The minimum absolute atomic E-state index is 0.0295. The highest BCUT2D eigenvalue weighted by Gasteiger charge is 2.10. The molecule has 0 aliphatic heterocycles. The van der Waals surface area contributed by atoms with Crippen LogP contribution in [0.25, 0.3) is 0 Å². The number of nitrogen functional groups attached to an aromatic ring is 1. The van der Waals surface area contributed by atoms with Crippen LogP contribution in [0.4, 0.5) is 10.1 Å². The van der Waals surface area contributed by atoms with E-state index in [1.807, 2.05) is 38.1 Å². The maximum atomic E-state index is 13.2. The molecule has 0 saturated heterocycles. The Bertz CT molecular complexity index is 1200. The second-order valence-electron chi connectivity index (χ2n) is 9.61. The number of hydrogen-bond donors (Lipinski definition) is 1. The molecule has 1 aliphatic rings. The molecule has 0 spiro atoms. The van der Waals surface area contributed by atoms with Gasteiger partial charge in [0.1, 0.15) is 5.83 Å². The Labute approximate surface area is 236 Å². The number of carbonyl (C=O) groups is 1. The number of ketones is 1. The Morgan fingerprint density at radius 3 is 2.21 bits per heavy atom. The van der Waals surface area contributed by atoms with Crippen molar-refractivity contribution in [1.29, 1.82) is 0 Å². The molecular formula is C36H46FNO. The van der Waals surface area contributed by atoms with Gasteiger partial charge in [-0.05, 0) is 98.9 Å². The molecule has 0 aromatic heterocycles. The molecular weight excluding hydrogens is 481 g/mol. The molecule has 39 heavy (non-hydrogen) atoms. The summed E-state index contributed by atoms with van der Waals surface area (Å²) in [5.74, 6) is 0.110. The van der Waals surface area contributed by atoms with E-state index in [0.717, 1.165) is 60.1 Å². The first-order valence-corrected chi connectivity index (χ1v) is 13.7. The van der Waals surface area contributed by atoms with Gasteiger partial charge in [-0.15, -0.1) is 13.2 Å². The van der Waals surface area contributed by atoms with E-state index in [2.05, 4.69) is 75.6 Å². The number of halogens is 1. The zero-order chi connectivity index (χ0) is 29.2. The Morgan fingerprint density at radius 2 is 1.64 bits per heavy atom. The van der Waals surface area contributed by atoms with Crippen molar-refractivity contribution in [3.63, 3.8) is 0 Å². The smallest absolute Gasteiger partial charge is 0.159 e. The van der Waals surface area contributed by atoms with Crippen LogP contribution in [-0.2, 0) is 24.1 Å². The van der Waals surface area contributed by atoms with Crippen LogP contribution in [0.1, 0.15) is 70.6 Å². The van der Waals surface area contributed by atoms with Crippen LogP contribution in [0.2, 0.25) is 0 Å². The van der Waals surface area contributed by atoms with Gasteiger partial charge >= 0.3 is 0 Å². The Morgan fingerprint density at radius 1 is 0.974 bits per heavy atom. The van der Waals surface area contributed by atoms with Gasteiger partial charge in [0, 0.05) is 17.7 Å². The normalized spacial score (nSPS) is 16.3. The number of allylic oxidation sites excluding steroid dienone is 10. The molecule has 0 amide bonds. The fraction of sp³-hybridized carbons (Fsp3) is 0.306. The van der Waals surface area contributed by atoms with Crippen LogP contribution >= 0.6 is 0 Å². The van der Waals surface area contributed by atoms with Crippen molar-refractivity contribution in [2.75, 3.05) is 5.73 Å². The van der Waals surface area contributed by atoms with E-state index in [0.29, 0.717) is 6.42 Å². The summed E-state index contributed by atoms with van der Waals surface area (Å²) in [5, 5.41) is 0. The molecule has 1 aliphatic carbocycles. The summed E-state index contributed by atoms with van der Waals surface area (Å²) in [6.07, 6.45) is 14.7. The lowest BCUT2D eigenvalue weighted by Crippen LogP contribution is -2.03. The monoisotopic (exact) mass is 527 g/mol. The van der Waals surface area contributed by atoms with Crippen LogP contribution in [-0.4, -0.2) is 5.78 Å². The van der Waals surface area contributed by atoms with Crippen molar-refractivity contribution in [2.45, 2.75) is 73.1 Å². The number of Topliss-reactive ketones (excluding diaryl/α,β-unsaturated/α-hetero) is 1. The standard InChI is InChI=1S/C17H19F.C17H23NO.C2H4/c1-2-14-7-9-16(10-8-14)13-15-5-3-4-6-17(18)12-11-15;1-5-15(17(12(2)3)13(4)19)10-9-14-7-6-8-16(18)11-14;1-2/h3,5,7-12H,2,4,6,13H2,1H3;6-8,10-11H,5,9,18H2,1-4H3;1-2H2/b5-3-,15-11+,17-12+;15-10-;. The number of hydrogen-bond acceptors (Lipinski definition) is 2. The van der Waals surface area contributed by atoms with Crippen molar-refractivity contribution in [1.82, 2.24) is 0 Å². The predicted molar refractivity (Wildman–Crippen MR) is 168 cm³/mol. The lowest BCUT2D eigenvalue weighted by Gasteiger charge is -2.10. The first kappa shape index (κ1) is 33.3. The second-order valence-corrected chi connectivity index (χ2v) is 9.61. The lowest BCUT2D eigenvalue weighted by molar-refractivity contribution is -0.113. The van der Waals surface area contributed by atoms with E-state index in [9.17, 15) is 9.18 Å². The number of rotatable bonds is 8. The minimum Gasteiger partial charge on any atom is -0.399 e. The maximum Gasteiger partial charge on any atom is 0.159 e. The van der Waals surface area contributed by atoms with E-state index in [1.165, 1.54) is 16.7 Å². The molecule has 3 heteroatoms. The average Bonchev–Trinajstić information content (AvgIpc) is 2.92. The van der Waals surface area contributed by atoms with Crippen molar-refractivity contribution in [3.8, 4) is 0 Å². The first-order valence-electron chi connectivity index (χ1n) is 13.7. The van der Waals surface area contributed by atoms with Crippen molar-refractivity contribution in [2.24, 2.45) is 0 Å². The summed E-state index contributed by atoms with van der Waals surface area (Å²) in [6.45, 7) is 15.8. The molecule has 3 rings (SSSR count). The summed E-state index contributed by atoms with van der Waals surface area (Å²) in [4.78, 5) is 11.7. The van der Waals surface area contributed by atoms with Gasteiger partial charge in [0.05, 0.1) is 0 Å². The quantitative estimate of drug-likeness (QED) is 0.161. The zero-order valence-corrected chi connectivity index (χ0v) is 24.5. The number of carbonyl (C=O) groups excluding carboxylic acids is 1. The fourth-order valence-corrected chi connectivity index (χ4v) is 4.32. The predicted octanol–water partition coefficient (Wildman–Crippen LogP) is 9.80. The molecule has 0 atom stereocenters. The van der Waals surface area contributed by atoms with Crippen molar-refractivity contribution >= 4 is 11.5 Å².